The minimum Gasteiger partial charge on any atom is -0.271 e. The van der Waals surface area contributed by atoms with E-state index in [2.05, 4.69) is 49.3 Å². The van der Waals surface area contributed by atoms with Crippen LogP contribution in [0, 0.1) is 6.92 Å². The molecule has 21 heavy (non-hydrogen) atoms. The molecule has 1 aromatic heterocycles. The fraction of sp³-hybridized carbons (Fsp3) is 0.357. The smallest absolute Gasteiger partial charge is 0.0738 e. The number of halogens is 3. The van der Waals surface area contributed by atoms with Crippen molar-refractivity contribution >= 4 is 43.5 Å². The van der Waals surface area contributed by atoms with Crippen LogP contribution in [-0.2, 0) is 13.0 Å². The average Bonchev–Trinajstić information content (AvgIpc) is 2.74. The van der Waals surface area contributed by atoms with E-state index in [1.807, 2.05) is 29.8 Å². The first-order chi connectivity index (χ1) is 9.97. The van der Waals surface area contributed by atoms with Gasteiger partial charge < -0.3 is 0 Å². The predicted octanol–water partition coefficient (Wildman–Crippen LogP) is 4.14. The Morgan fingerprint density at radius 2 is 2.14 bits per heavy atom. The highest BCUT2D eigenvalue weighted by molar-refractivity contribution is 9.10. The third kappa shape index (κ3) is 3.68. The minimum atomic E-state index is -0.0595. The zero-order valence-corrected chi connectivity index (χ0v) is 15.8. The van der Waals surface area contributed by atoms with Crippen LogP contribution in [0.15, 0.2) is 27.1 Å². The standard InChI is InChI=1S/C14H17Br2ClN4/c1-3-21-13(14(16)8(2)20-21)7-12(19-18)10-6-9(17)4-5-11(10)15/h4-6,12,19H,3,7,18H2,1-2H3. The van der Waals surface area contributed by atoms with Crippen LogP contribution in [0.2, 0.25) is 5.02 Å². The summed E-state index contributed by atoms with van der Waals surface area (Å²) in [6.07, 6.45) is 0.713. The number of aromatic nitrogens is 2. The maximum Gasteiger partial charge on any atom is 0.0738 e. The molecule has 4 nitrogen and oxygen atoms in total. The molecule has 0 aliphatic carbocycles. The summed E-state index contributed by atoms with van der Waals surface area (Å²) < 4.78 is 4.00. The molecular formula is C14H17Br2ClN4. The van der Waals surface area contributed by atoms with Crippen LogP contribution in [0.4, 0.5) is 0 Å². The molecule has 0 radical (unpaired) electrons. The summed E-state index contributed by atoms with van der Waals surface area (Å²) in [5, 5.41) is 5.20. The lowest BCUT2D eigenvalue weighted by Gasteiger charge is -2.19. The van der Waals surface area contributed by atoms with E-state index in [-0.39, 0.29) is 6.04 Å². The average molecular weight is 437 g/mol. The fourth-order valence-electron chi connectivity index (χ4n) is 2.30. The molecule has 1 atom stereocenters. The van der Waals surface area contributed by atoms with Gasteiger partial charge in [0.2, 0.25) is 0 Å². The molecule has 0 saturated heterocycles. The van der Waals surface area contributed by atoms with Crippen molar-refractivity contribution in [3.63, 3.8) is 0 Å². The number of hydrazine groups is 1. The molecule has 0 saturated carbocycles. The number of nitrogens with one attached hydrogen (secondary N) is 1. The summed E-state index contributed by atoms with van der Waals surface area (Å²) in [6, 6.07) is 5.64. The number of aryl methyl sites for hydroxylation is 2. The minimum absolute atomic E-state index is 0.0595. The predicted molar refractivity (Wildman–Crippen MR) is 93.3 cm³/mol. The van der Waals surface area contributed by atoms with E-state index < -0.39 is 0 Å². The number of hydrogen-bond donors (Lipinski definition) is 2. The van der Waals surface area contributed by atoms with Crippen molar-refractivity contribution in [2.24, 2.45) is 5.84 Å². The lowest BCUT2D eigenvalue weighted by atomic mass is 10.0. The summed E-state index contributed by atoms with van der Waals surface area (Å²) >= 11 is 13.3. The molecule has 1 heterocycles. The summed E-state index contributed by atoms with van der Waals surface area (Å²) in [6.45, 7) is 4.87. The lowest BCUT2D eigenvalue weighted by molar-refractivity contribution is 0.514. The van der Waals surface area contributed by atoms with Gasteiger partial charge in [-0.25, -0.2) is 0 Å². The van der Waals surface area contributed by atoms with E-state index >= 15 is 0 Å². The summed E-state index contributed by atoms with van der Waals surface area (Å²) in [5.74, 6) is 5.76. The molecule has 0 aliphatic heterocycles. The van der Waals surface area contributed by atoms with Gasteiger partial charge in [0.25, 0.3) is 0 Å². The molecule has 1 unspecified atom stereocenters. The van der Waals surface area contributed by atoms with Gasteiger partial charge in [0.05, 0.1) is 21.9 Å². The maximum atomic E-state index is 6.10. The zero-order chi connectivity index (χ0) is 15.6. The maximum absolute atomic E-state index is 6.10. The van der Waals surface area contributed by atoms with Crippen LogP contribution < -0.4 is 11.3 Å². The van der Waals surface area contributed by atoms with Crippen LogP contribution in [-0.4, -0.2) is 9.78 Å². The Labute approximate surface area is 146 Å². The molecule has 0 aliphatic rings. The van der Waals surface area contributed by atoms with Crippen molar-refractivity contribution in [2.45, 2.75) is 32.9 Å². The van der Waals surface area contributed by atoms with Crippen molar-refractivity contribution in [3.05, 3.63) is 49.1 Å². The van der Waals surface area contributed by atoms with Crippen molar-refractivity contribution < 1.29 is 0 Å². The first kappa shape index (κ1) is 17.0. The van der Waals surface area contributed by atoms with Gasteiger partial charge in [0, 0.05) is 22.5 Å². The Balaban J connectivity index is 2.38. The summed E-state index contributed by atoms with van der Waals surface area (Å²) in [5.41, 5.74) is 5.99. The van der Waals surface area contributed by atoms with Gasteiger partial charge in [0.15, 0.2) is 0 Å². The van der Waals surface area contributed by atoms with Crippen molar-refractivity contribution in [1.29, 1.82) is 0 Å². The highest BCUT2D eigenvalue weighted by Crippen LogP contribution is 2.31. The Kier molecular flexibility index (Phi) is 5.85. The molecule has 1 aromatic carbocycles. The molecule has 114 valence electrons. The third-order valence-corrected chi connectivity index (χ3v) is 5.37. The van der Waals surface area contributed by atoms with Gasteiger partial charge in [-0.15, -0.1) is 0 Å². The van der Waals surface area contributed by atoms with Crippen LogP contribution in [0.25, 0.3) is 0 Å². The number of hydrogen-bond acceptors (Lipinski definition) is 3. The van der Waals surface area contributed by atoms with Gasteiger partial charge in [0.1, 0.15) is 0 Å². The van der Waals surface area contributed by atoms with E-state index in [0.29, 0.717) is 11.4 Å². The Morgan fingerprint density at radius 1 is 1.43 bits per heavy atom. The van der Waals surface area contributed by atoms with E-state index in [0.717, 1.165) is 32.4 Å². The highest BCUT2D eigenvalue weighted by Gasteiger charge is 2.20. The summed E-state index contributed by atoms with van der Waals surface area (Å²) in [4.78, 5) is 0. The first-order valence-corrected chi connectivity index (χ1v) is 8.57. The molecule has 3 N–H and O–H groups in total. The van der Waals surface area contributed by atoms with Crippen LogP contribution in [0.5, 0.6) is 0 Å². The van der Waals surface area contributed by atoms with Crippen LogP contribution >= 0.6 is 43.5 Å². The van der Waals surface area contributed by atoms with E-state index in [4.69, 9.17) is 17.4 Å². The fourth-order valence-corrected chi connectivity index (χ4v) is 3.45. The largest absolute Gasteiger partial charge is 0.271 e. The van der Waals surface area contributed by atoms with Crippen LogP contribution in [0.1, 0.15) is 29.9 Å². The molecule has 2 aromatic rings. The zero-order valence-electron chi connectivity index (χ0n) is 11.8. The van der Waals surface area contributed by atoms with Gasteiger partial charge in [-0.3, -0.25) is 16.0 Å². The molecule has 0 bridgehead atoms. The van der Waals surface area contributed by atoms with Gasteiger partial charge in [-0.05, 0) is 53.5 Å². The topological polar surface area (TPSA) is 55.9 Å². The summed E-state index contributed by atoms with van der Waals surface area (Å²) in [7, 11) is 0. The van der Waals surface area contributed by atoms with Crippen molar-refractivity contribution in [1.82, 2.24) is 15.2 Å². The number of rotatable bonds is 5. The first-order valence-electron chi connectivity index (χ1n) is 6.60. The molecule has 2 rings (SSSR count). The normalized spacial score (nSPS) is 12.7. The van der Waals surface area contributed by atoms with E-state index in [1.165, 1.54) is 0 Å². The van der Waals surface area contributed by atoms with E-state index in [1.54, 1.807) is 0 Å². The molecule has 7 heteroatoms. The SMILES string of the molecule is CCn1nc(C)c(Br)c1CC(NN)c1cc(Cl)ccc1Br. The van der Waals surface area contributed by atoms with Gasteiger partial charge >= 0.3 is 0 Å². The number of nitrogens with two attached hydrogens (primary N) is 1. The second kappa shape index (κ2) is 7.24. The lowest BCUT2D eigenvalue weighted by Crippen LogP contribution is -2.30. The second-order valence-corrected chi connectivity index (χ2v) is 6.83. The van der Waals surface area contributed by atoms with Crippen molar-refractivity contribution in [3.8, 4) is 0 Å². The Hall–Kier alpha value is -0.400. The van der Waals surface area contributed by atoms with Crippen LogP contribution in [0.3, 0.4) is 0 Å². The molecule has 0 amide bonds. The molecule has 0 spiro atoms. The van der Waals surface area contributed by atoms with Gasteiger partial charge in [-0.1, -0.05) is 27.5 Å². The quantitative estimate of drug-likeness (QED) is 0.547. The Bertz CT molecular complexity index is 642. The number of nitrogens with zero attached hydrogens (tertiary/aromatic N) is 2. The van der Waals surface area contributed by atoms with Crippen molar-refractivity contribution in [2.75, 3.05) is 0 Å². The molecule has 0 fully saturated rings. The number of benzene rings is 1. The molecular weight excluding hydrogens is 419 g/mol. The van der Waals surface area contributed by atoms with Gasteiger partial charge in [-0.2, -0.15) is 5.10 Å². The Morgan fingerprint density at radius 3 is 2.76 bits per heavy atom. The highest BCUT2D eigenvalue weighted by atomic mass is 79.9. The second-order valence-electron chi connectivity index (χ2n) is 4.75. The third-order valence-electron chi connectivity index (χ3n) is 3.38. The van der Waals surface area contributed by atoms with E-state index in [9.17, 15) is 0 Å². The monoisotopic (exact) mass is 434 g/mol.